The average molecular weight is 246 g/mol. The molecule has 0 aromatic rings. The number of carbonyl (C=O) groups is 1. The Labute approximate surface area is 102 Å². The summed E-state index contributed by atoms with van der Waals surface area (Å²) in [7, 11) is 3.07. The summed E-state index contributed by atoms with van der Waals surface area (Å²) in [6, 6.07) is -0.455. The Morgan fingerprint density at radius 2 is 2.24 bits per heavy atom. The molecule has 6 heteroatoms. The minimum absolute atomic E-state index is 0.181. The lowest BCUT2D eigenvalue weighted by Crippen LogP contribution is -2.46. The topological polar surface area (TPSA) is 82.8 Å². The van der Waals surface area contributed by atoms with E-state index in [1.807, 2.05) is 0 Å². The van der Waals surface area contributed by atoms with Gasteiger partial charge in [0.2, 0.25) is 5.91 Å². The third kappa shape index (κ3) is 4.99. The molecule has 0 spiro atoms. The summed E-state index contributed by atoms with van der Waals surface area (Å²) in [6.07, 6.45) is 2.25. The summed E-state index contributed by atoms with van der Waals surface area (Å²) < 4.78 is 15.6. The summed E-state index contributed by atoms with van der Waals surface area (Å²) in [5.74, 6) is -0.401. The summed E-state index contributed by atoms with van der Waals surface area (Å²) in [5, 5.41) is 3.10. The summed E-state index contributed by atoms with van der Waals surface area (Å²) >= 11 is 0. The fraction of sp³-hybridized carbons (Fsp3) is 0.909. The first kappa shape index (κ1) is 14.4. The molecule has 2 atom stereocenters. The third-order valence-electron chi connectivity index (χ3n) is 2.91. The van der Waals surface area contributed by atoms with E-state index < -0.39 is 18.2 Å². The largest absolute Gasteiger partial charge is 0.377 e. The van der Waals surface area contributed by atoms with Gasteiger partial charge in [-0.1, -0.05) is 0 Å². The van der Waals surface area contributed by atoms with Crippen molar-refractivity contribution in [3.63, 3.8) is 0 Å². The van der Waals surface area contributed by atoms with Crippen molar-refractivity contribution in [2.45, 2.75) is 37.7 Å². The molecule has 1 saturated heterocycles. The van der Waals surface area contributed by atoms with Gasteiger partial charge in [-0.2, -0.15) is 0 Å². The zero-order valence-electron chi connectivity index (χ0n) is 10.5. The van der Waals surface area contributed by atoms with Crippen molar-refractivity contribution in [2.75, 3.05) is 27.4 Å². The van der Waals surface area contributed by atoms with Gasteiger partial charge in [0.1, 0.15) is 0 Å². The van der Waals surface area contributed by atoms with E-state index in [0.717, 1.165) is 19.4 Å². The van der Waals surface area contributed by atoms with Crippen LogP contribution in [0.25, 0.3) is 0 Å². The molecule has 1 rings (SSSR count). The molecule has 6 nitrogen and oxygen atoms in total. The fourth-order valence-electron chi connectivity index (χ4n) is 1.86. The SMILES string of the molecule is COC(CC(NCC1CCCO1)C(N)=O)OC. The van der Waals surface area contributed by atoms with Crippen LogP contribution in [0.3, 0.4) is 0 Å². The van der Waals surface area contributed by atoms with E-state index in [0.29, 0.717) is 13.0 Å². The van der Waals surface area contributed by atoms with Crippen LogP contribution in [0.2, 0.25) is 0 Å². The van der Waals surface area contributed by atoms with E-state index in [4.69, 9.17) is 19.9 Å². The molecule has 0 aromatic carbocycles. The Kier molecular flexibility index (Phi) is 6.43. The molecule has 1 aliphatic rings. The van der Waals surface area contributed by atoms with Crippen molar-refractivity contribution in [3.8, 4) is 0 Å². The second-order valence-electron chi connectivity index (χ2n) is 4.13. The molecule has 1 heterocycles. The molecule has 0 bridgehead atoms. The Balaban J connectivity index is 2.34. The number of hydrogen-bond acceptors (Lipinski definition) is 5. The van der Waals surface area contributed by atoms with Crippen LogP contribution in [0.5, 0.6) is 0 Å². The lowest BCUT2D eigenvalue weighted by atomic mass is 10.1. The molecule has 0 saturated carbocycles. The van der Waals surface area contributed by atoms with Crippen LogP contribution < -0.4 is 11.1 Å². The number of ether oxygens (including phenoxy) is 3. The highest BCUT2D eigenvalue weighted by atomic mass is 16.7. The molecular formula is C11H22N2O4. The van der Waals surface area contributed by atoms with Gasteiger partial charge in [-0.3, -0.25) is 4.79 Å². The van der Waals surface area contributed by atoms with Gasteiger partial charge in [-0.15, -0.1) is 0 Å². The Morgan fingerprint density at radius 1 is 1.53 bits per heavy atom. The highest BCUT2D eigenvalue weighted by Crippen LogP contribution is 2.11. The molecular weight excluding hydrogens is 224 g/mol. The van der Waals surface area contributed by atoms with Crippen LogP contribution in [0, 0.1) is 0 Å². The van der Waals surface area contributed by atoms with Gasteiger partial charge in [0.05, 0.1) is 12.1 Å². The number of nitrogens with one attached hydrogen (secondary N) is 1. The van der Waals surface area contributed by atoms with Crippen molar-refractivity contribution in [1.29, 1.82) is 0 Å². The van der Waals surface area contributed by atoms with Crippen molar-refractivity contribution in [3.05, 3.63) is 0 Å². The monoisotopic (exact) mass is 246 g/mol. The zero-order chi connectivity index (χ0) is 12.7. The van der Waals surface area contributed by atoms with E-state index in [2.05, 4.69) is 5.32 Å². The number of methoxy groups -OCH3 is 2. The molecule has 1 aliphatic heterocycles. The molecule has 17 heavy (non-hydrogen) atoms. The van der Waals surface area contributed by atoms with Crippen LogP contribution in [0.4, 0.5) is 0 Å². The van der Waals surface area contributed by atoms with Crippen molar-refractivity contribution in [1.82, 2.24) is 5.32 Å². The standard InChI is InChI=1S/C11H22N2O4/c1-15-10(16-2)6-9(11(12)14)13-7-8-4-3-5-17-8/h8-10,13H,3-7H2,1-2H3,(H2,12,14). The predicted molar refractivity (Wildman–Crippen MR) is 62.4 cm³/mol. The minimum atomic E-state index is -0.455. The van der Waals surface area contributed by atoms with E-state index in [1.54, 1.807) is 0 Å². The number of primary amides is 1. The first-order chi connectivity index (χ1) is 8.17. The number of rotatable bonds is 8. The van der Waals surface area contributed by atoms with Gasteiger partial charge < -0.3 is 25.3 Å². The normalized spacial score (nSPS) is 21.9. The summed E-state index contributed by atoms with van der Waals surface area (Å²) in [4.78, 5) is 11.3. The highest BCUT2D eigenvalue weighted by molar-refractivity contribution is 5.79. The van der Waals surface area contributed by atoms with Gasteiger partial charge in [0.25, 0.3) is 0 Å². The first-order valence-corrected chi connectivity index (χ1v) is 5.87. The number of carbonyl (C=O) groups excluding carboxylic acids is 1. The Hall–Kier alpha value is -0.690. The second kappa shape index (κ2) is 7.60. The smallest absolute Gasteiger partial charge is 0.234 e. The van der Waals surface area contributed by atoms with Crippen LogP contribution in [0.15, 0.2) is 0 Å². The molecule has 0 radical (unpaired) electrons. The third-order valence-corrected chi connectivity index (χ3v) is 2.91. The Morgan fingerprint density at radius 3 is 2.71 bits per heavy atom. The van der Waals surface area contributed by atoms with Crippen LogP contribution in [-0.2, 0) is 19.0 Å². The van der Waals surface area contributed by atoms with Crippen LogP contribution in [0.1, 0.15) is 19.3 Å². The molecule has 0 aromatic heterocycles. The molecule has 100 valence electrons. The predicted octanol–water partition coefficient (Wildman–Crippen LogP) is -0.382. The highest BCUT2D eigenvalue weighted by Gasteiger charge is 2.23. The van der Waals surface area contributed by atoms with Crippen LogP contribution >= 0.6 is 0 Å². The number of nitrogens with two attached hydrogens (primary N) is 1. The van der Waals surface area contributed by atoms with E-state index in [9.17, 15) is 4.79 Å². The van der Waals surface area contributed by atoms with E-state index >= 15 is 0 Å². The summed E-state index contributed by atoms with van der Waals surface area (Å²) in [6.45, 7) is 1.43. The second-order valence-corrected chi connectivity index (χ2v) is 4.13. The molecule has 1 amide bonds. The van der Waals surface area contributed by atoms with Crippen molar-refractivity contribution in [2.24, 2.45) is 5.73 Å². The van der Waals surface area contributed by atoms with E-state index in [1.165, 1.54) is 14.2 Å². The molecule has 2 unspecified atom stereocenters. The van der Waals surface area contributed by atoms with Gasteiger partial charge in [0, 0.05) is 33.8 Å². The van der Waals surface area contributed by atoms with Gasteiger partial charge >= 0.3 is 0 Å². The van der Waals surface area contributed by atoms with Gasteiger partial charge in [0.15, 0.2) is 6.29 Å². The van der Waals surface area contributed by atoms with Crippen molar-refractivity contribution < 1.29 is 19.0 Å². The number of amides is 1. The average Bonchev–Trinajstić information content (AvgIpc) is 2.82. The summed E-state index contributed by atoms with van der Waals surface area (Å²) in [5.41, 5.74) is 5.33. The van der Waals surface area contributed by atoms with Crippen LogP contribution in [-0.4, -0.2) is 51.7 Å². The molecule has 3 N–H and O–H groups in total. The zero-order valence-corrected chi connectivity index (χ0v) is 10.5. The van der Waals surface area contributed by atoms with E-state index in [-0.39, 0.29) is 6.10 Å². The lowest BCUT2D eigenvalue weighted by Gasteiger charge is -2.21. The van der Waals surface area contributed by atoms with Gasteiger partial charge in [-0.25, -0.2) is 0 Å². The maximum Gasteiger partial charge on any atom is 0.234 e. The van der Waals surface area contributed by atoms with Crippen molar-refractivity contribution >= 4 is 5.91 Å². The Bertz CT molecular complexity index is 228. The first-order valence-electron chi connectivity index (χ1n) is 5.87. The maximum absolute atomic E-state index is 11.3. The quantitative estimate of drug-likeness (QED) is 0.570. The van der Waals surface area contributed by atoms with Gasteiger partial charge in [-0.05, 0) is 12.8 Å². The fourth-order valence-corrected chi connectivity index (χ4v) is 1.86. The lowest BCUT2D eigenvalue weighted by molar-refractivity contribution is -0.130. The minimum Gasteiger partial charge on any atom is -0.377 e. The molecule has 1 fully saturated rings. The number of hydrogen-bond donors (Lipinski definition) is 2. The maximum atomic E-state index is 11.3. The molecule has 0 aliphatic carbocycles.